The Morgan fingerprint density at radius 1 is 1.16 bits per heavy atom. The van der Waals surface area contributed by atoms with E-state index >= 15 is 0 Å². The lowest BCUT2D eigenvalue weighted by Crippen LogP contribution is -2.50. The average molecular weight is 264 g/mol. The molecule has 0 radical (unpaired) electrons. The van der Waals surface area contributed by atoms with Gasteiger partial charge >= 0.3 is 6.09 Å². The van der Waals surface area contributed by atoms with Crippen molar-refractivity contribution in [1.29, 1.82) is 0 Å². The Labute approximate surface area is 111 Å². The number of phenolic OH excluding ortho intramolecular Hbond substituents is 1. The van der Waals surface area contributed by atoms with Gasteiger partial charge < -0.3 is 19.6 Å². The summed E-state index contributed by atoms with van der Waals surface area (Å²) in [5.41, 5.74) is 0.450. The SMILES string of the molecule is COC(=O)N1CCN(C(=O)c2cccc(O)c2)CC1. The quantitative estimate of drug-likeness (QED) is 0.818. The van der Waals surface area contributed by atoms with Gasteiger partial charge in [0.05, 0.1) is 7.11 Å². The molecule has 1 N–H and O–H groups in total. The smallest absolute Gasteiger partial charge is 0.409 e. The fourth-order valence-electron chi connectivity index (χ4n) is 2.04. The number of aromatic hydroxyl groups is 1. The van der Waals surface area contributed by atoms with Crippen LogP contribution >= 0.6 is 0 Å². The zero-order chi connectivity index (χ0) is 13.8. The molecular weight excluding hydrogens is 248 g/mol. The molecule has 6 nitrogen and oxygen atoms in total. The van der Waals surface area contributed by atoms with Crippen LogP contribution < -0.4 is 0 Å². The minimum atomic E-state index is -0.371. The van der Waals surface area contributed by atoms with E-state index in [-0.39, 0.29) is 17.7 Å². The normalized spacial score (nSPS) is 15.2. The summed E-state index contributed by atoms with van der Waals surface area (Å²) in [5, 5.41) is 9.37. The van der Waals surface area contributed by atoms with E-state index in [2.05, 4.69) is 4.74 Å². The Morgan fingerprint density at radius 2 is 1.79 bits per heavy atom. The lowest BCUT2D eigenvalue weighted by molar-refractivity contribution is 0.0599. The van der Waals surface area contributed by atoms with Crippen LogP contribution in [0.1, 0.15) is 10.4 Å². The van der Waals surface area contributed by atoms with Crippen molar-refractivity contribution >= 4 is 12.0 Å². The molecule has 0 aliphatic carbocycles. The topological polar surface area (TPSA) is 70.1 Å². The lowest BCUT2D eigenvalue weighted by atomic mass is 10.1. The maximum Gasteiger partial charge on any atom is 0.409 e. The molecule has 0 atom stereocenters. The number of benzene rings is 1. The van der Waals surface area contributed by atoms with Gasteiger partial charge in [-0.1, -0.05) is 6.07 Å². The minimum Gasteiger partial charge on any atom is -0.508 e. The second-order valence-corrected chi connectivity index (χ2v) is 4.30. The van der Waals surface area contributed by atoms with E-state index in [1.165, 1.54) is 19.2 Å². The van der Waals surface area contributed by atoms with Gasteiger partial charge in [0.25, 0.3) is 5.91 Å². The Bertz CT molecular complexity index is 481. The van der Waals surface area contributed by atoms with Gasteiger partial charge in [-0.2, -0.15) is 0 Å². The predicted octanol–water partition coefficient (Wildman–Crippen LogP) is 0.916. The Hall–Kier alpha value is -2.24. The zero-order valence-corrected chi connectivity index (χ0v) is 10.7. The van der Waals surface area contributed by atoms with Crippen molar-refractivity contribution in [2.75, 3.05) is 33.3 Å². The molecule has 102 valence electrons. The molecule has 1 saturated heterocycles. The van der Waals surface area contributed by atoms with E-state index in [1.807, 2.05) is 0 Å². The van der Waals surface area contributed by atoms with Gasteiger partial charge in [-0.05, 0) is 18.2 Å². The van der Waals surface area contributed by atoms with Crippen LogP contribution in [0.5, 0.6) is 5.75 Å². The number of methoxy groups -OCH3 is 1. The molecule has 2 rings (SSSR count). The predicted molar refractivity (Wildman–Crippen MR) is 68.0 cm³/mol. The van der Waals surface area contributed by atoms with Crippen LogP contribution in [0, 0.1) is 0 Å². The van der Waals surface area contributed by atoms with Gasteiger partial charge in [-0.15, -0.1) is 0 Å². The van der Waals surface area contributed by atoms with E-state index in [0.717, 1.165) is 0 Å². The van der Waals surface area contributed by atoms with Crippen LogP contribution in [0.15, 0.2) is 24.3 Å². The fraction of sp³-hybridized carbons (Fsp3) is 0.385. The molecule has 1 aromatic rings. The van der Waals surface area contributed by atoms with Crippen molar-refractivity contribution in [2.45, 2.75) is 0 Å². The number of rotatable bonds is 1. The molecule has 0 bridgehead atoms. The number of nitrogens with zero attached hydrogens (tertiary/aromatic N) is 2. The van der Waals surface area contributed by atoms with Gasteiger partial charge in [0, 0.05) is 31.7 Å². The Balaban J connectivity index is 1.98. The molecular formula is C13H16N2O4. The Kier molecular flexibility index (Phi) is 3.89. The first-order chi connectivity index (χ1) is 9.11. The molecule has 0 unspecified atom stereocenters. The third-order valence-electron chi connectivity index (χ3n) is 3.09. The summed E-state index contributed by atoms with van der Waals surface area (Å²) in [5.74, 6) is -0.0699. The minimum absolute atomic E-state index is 0.0686. The van der Waals surface area contributed by atoms with Crippen LogP contribution in [0.3, 0.4) is 0 Å². The van der Waals surface area contributed by atoms with E-state index in [1.54, 1.807) is 21.9 Å². The van der Waals surface area contributed by atoms with Crippen LogP contribution in [0.2, 0.25) is 0 Å². The fourth-order valence-corrected chi connectivity index (χ4v) is 2.04. The molecule has 0 saturated carbocycles. The highest BCUT2D eigenvalue weighted by molar-refractivity contribution is 5.94. The number of amides is 2. The number of phenols is 1. The number of carbonyl (C=O) groups excluding carboxylic acids is 2. The molecule has 6 heteroatoms. The summed E-state index contributed by atoms with van der Waals surface area (Å²) in [7, 11) is 1.34. The first-order valence-electron chi connectivity index (χ1n) is 6.03. The molecule has 1 aromatic carbocycles. The molecule has 1 aliphatic heterocycles. The van der Waals surface area contributed by atoms with Crippen LogP contribution in [0.4, 0.5) is 4.79 Å². The van der Waals surface area contributed by atoms with Gasteiger partial charge in [0.2, 0.25) is 0 Å². The van der Waals surface area contributed by atoms with Gasteiger partial charge in [0.1, 0.15) is 5.75 Å². The molecule has 1 aliphatic rings. The highest BCUT2D eigenvalue weighted by Crippen LogP contribution is 2.14. The van der Waals surface area contributed by atoms with Crippen LogP contribution in [0.25, 0.3) is 0 Å². The van der Waals surface area contributed by atoms with Crippen molar-refractivity contribution in [3.05, 3.63) is 29.8 Å². The average Bonchev–Trinajstić information content (AvgIpc) is 2.46. The van der Waals surface area contributed by atoms with Gasteiger partial charge in [-0.3, -0.25) is 4.79 Å². The third kappa shape index (κ3) is 2.96. The summed E-state index contributed by atoms with van der Waals surface area (Å²) >= 11 is 0. The second-order valence-electron chi connectivity index (χ2n) is 4.30. The molecule has 1 fully saturated rings. The van der Waals surface area contributed by atoms with E-state index in [0.29, 0.717) is 31.7 Å². The van der Waals surface area contributed by atoms with E-state index in [4.69, 9.17) is 0 Å². The molecule has 1 heterocycles. The first-order valence-corrected chi connectivity index (χ1v) is 6.03. The molecule has 19 heavy (non-hydrogen) atoms. The largest absolute Gasteiger partial charge is 0.508 e. The summed E-state index contributed by atoms with van der Waals surface area (Å²) in [6.45, 7) is 1.83. The molecule has 2 amide bonds. The van der Waals surface area contributed by atoms with E-state index < -0.39 is 0 Å². The van der Waals surface area contributed by atoms with Crippen molar-refractivity contribution in [1.82, 2.24) is 9.80 Å². The van der Waals surface area contributed by atoms with Gasteiger partial charge in [0.15, 0.2) is 0 Å². The maximum absolute atomic E-state index is 12.2. The third-order valence-corrected chi connectivity index (χ3v) is 3.09. The first kappa shape index (κ1) is 13.2. The lowest BCUT2D eigenvalue weighted by Gasteiger charge is -2.33. The number of piperazine rings is 1. The van der Waals surface area contributed by atoms with Crippen LogP contribution in [-0.2, 0) is 4.74 Å². The van der Waals surface area contributed by atoms with Crippen molar-refractivity contribution in [3.63, 3.8) is 0 Å². The number of hydrogen-bond donors (Lipinski definition) is 1. The zero-order valence-electron chi connectivity index (χ0n) is 10.7. The maximum atomic E-state index is 12.2. The molecule has 0 spiro atoms. The molecule has 0 aromatic heterocycles. The van der Waals surface area contributed by atoms with Gasteiger partial charge in [-0.25, -0.2) is 4.79 Å². The number of ether oxygens (including phenoxy) is 1. The summed E-state index contributed by atoms with van der Waals surface area (Å²) in [4.78, 5) is 26.7. The summed E-state index contributed by atoms with van der Waals surface area (Å²) in [6.07, 6.45) is -0.371. The highest BCUT2D eigenvalue weighted by Gasteiger charge is 2.25. The monoisotopic (exact) mass is 264 g/mol. The second kappa shape index (κ2) is 5.60. The summed E-state index contributed by atoms with van der Waals surface area (Å²) in [6, 6.07) is 6.25. The standard InChI is InChI=1S/C13H16N2O4/c1-19-13(18)15-7-5-14(6-8-15)12(17)10-3-2-4-11(16)9-10/h2-4,9,16H,5-8H2,1H3. The number of carbonyl (C=O) groups is 2. The van der Waals surface area contributed by atoms with Crippen LogP contribution in [-0.4, -0.2) is 60.2 Å². The van der Waals surface area contributed by atoms with Crippen molar-refractivity contribution in [3.8, 4) is 5.75 Å². The number of hydrogen-bond acceptors (Lipinski definition) is 4. The van der Waals surface area contributed by atoms with E-state index in [9.17, 15) is 14.7 Å². The Morgan fingerprint density at radius 3 is 2.37 bits per heavy atom. The summed E-state index contributed by atoms with van der Waals surface area (Å²) < 4.78 is 4.64. The van der Waals surface area contributed by atoms with Crippen molar-refractivity contribution < 1.29 is 19.4 Å². The highest BCUT2D eigenvalue weighted by atomic mass is 16.5. The van der Waals surface area contributed by atoms with Crippen molar-refractivity contribution in [2.24, 2.45) is 0 Å².